The third-order valence-electron chi connectivity index (χ3n) is 3.35. The quantitative estimate of drug-likeness (QED) is 0.212. The largest absolute Gasteiger partial charge is 0.356 e. The first-order valence-electron chi connectivity index (χ1n) is 8.03. The highest BCUT2D eigenvalue weighted by molar-refractivity contribution is 14.0. The van der Waals surface area contributed by atoms with E-state index in [2.05, 4.69) is 44.6 Å². The van der Waals surface area contributed by atoms with E-state index in [0.717, 1.165) is 25.3 Å². The molecule has 0 saturated carbocycles. The Kier molecular flexibility index (Phi) is 12.9. The minimum Gasteiger partial charge on any atom is -0.356 e. The van der Waals surface area contributed by atoms with Crippen molar-refractivity contribution in [3.8, 4) is 0 Å². The third-order valence-corrected chi connectivity index (χ3v) is 4.75. The Balaban J connectivity index is 0.00000529. The smallest absolute Gasteiger partial charge is 0.211 e. The molecule has 0 saturated heterocycles. The number of rotatable bonds is 10. The molecule has 0 heterocycles. The maximum atomic E-state index is 11.3. The van der Waals surface area contributed by atoms with Crippen LogP contribution in [0.3, 0.4) is 0 Å². The maximum Gasteiger partial charge on any atom is 0.211 e. The second kappa shape index (κ2) is 13.4. The lowest BCUT2D eigenvalue weighted by molar-refractivity contribution is 0.579. The molecule has 1 aromatic carbocycles. The summed E-state index contributed by atoms with van der Waals surface area (Å²) >= 11 is 0. The molecule has 3 N–H and O–H groups in total. The summed E-state index contributed by atoms with van der Waals surface area (Å²) in [6, 6.07) is 10.4. The van der Waals surface area contributed by atoms with Crippen LogP contribution < -0.4 is 15.4 Å². The van der Waals surface area contributed by atoms with Gasteiger partial charge >= 0.3 is 0 Å². The summed E-state index contributed by atoms with van der Waals surface area (Å²) in [6.07, 6.45) is 2.77. The van der Waals surface area contributed by atoms with Gasteiger partial charge in [0.2, 0.25) is 10.0 Å². The van der Waals surface area contributed by atoms with Gasteiger partial charge in [0.15, 0.2) is 5.96 Å². The van der Waals surface area contributed by atoms with Crippen LogP contribution in [0.5, 0.6) is 0 Å². The summed E-state index contributed by atoms with van der Waals surface area (Å²) in [7, 11) is -1.36. The van der Waals surface area contributed by atoms with E-state index >= 15 is 0 Å². The molecule has 1 rings (SSSR count). The van der Waals surface area contributed by atoms with Crippen LogP contribution in [0.25, 0.3) is 0 Å². The number of nitrogens with zero attached hydrogens (tertiary/aromatic N) is 1. The van der Waals surface area contributed by atoms with Crippen molar-refractivity contribution in [3.05, 3.63) is 35.9 Å². The molecule has 0 atom stereocenters. The minimum absolute atomic E-state index is 0. The minimum atomic E-state index is -3.09. The molecule has 24 heavy (non-hydrogen) atoms. The van der Waals surface area contributed by atoms with Crippen LogP contribution in [-0.4, -0.2) is 46.8 Å². The average Bonchev–Trinajstić information content (AvgIpc) is 2.57. The highest BCUT2D eigenvalue weighted by atomic mass is 127. The zero-order chi connectivity index (χ0) is 17.0. The van der Waals surface area contributed by atoms with Gasteiger partial charge in [-0.2, -0.15) is 0 Å². The molecule has 0 aliphatic heterocycles. The average molecular weight is 468 g/mol. The molecule has 0 amide bonds. The lowest BCUT2D eigenvalue weighted by Crippen LogP contribution is -2.39. The molecule has 6 nitrogen and oxygen atoms in total. The van der Waals surface area contributed by atoms with Gasteiger partial charge in [0.05, 0.1) is 5.75 Å². The molecule has 0 bridgehead atoms. The molecule has 0 fully saturated rings. The van der Waals surface area contributed by atoms with Crippen molar-refractivity contribution in [1.29, 1.82) is 0 Å². The van der Waals surface area contributed by atoms with E-state index < -0.39 is 10.0 Å². The second-order valence-corrected chi connectivity index (χ2v) is 7.26. The molecule has 8 heteroatoms. The molecule has 0 unspecified atom stereocenters. The number of benzene rings is 1. The van der Waals surface area contributed by atoms with Crippen LogP contribution in [0.4, 0.5) is 0 Å². The van der Waals surface area contributed by atoms with Crippen LogP contribution in [0.2, 0.25) is 0 Å². The molecule has 138 valence electrons. The topological polar surface area (TPSA) is 82.6 Å². The van der Waals surface area contributed by atoms with Crippen LogP contribution in [-0.2, 0) is 16.4 Å². The molecule has 0 aliphatic rings. The van der Waals surface area contributed by atoms with Crippen molar-refractivity contribution in [2.24, 2.45) is 4.99 Å². The summed E-state index contributed by atoms with van der Waals surface area (Å²) in [4.78, 5) is 4.15. The summed E-state index contributed by atoms with van der Waals surface area (Å²) in [5.74, 6) is 0.863. The predicted molar refractivity (Wildman–Crippen MR) is 112 cm³/mol. The highest BCUT2D eigenvalue weighted by Crippen LogP contribution is 2.01. The van der Waals surface area contributed by atoms with Crippen LogP contribution in [0.1, 0.15) is 25.3 Å². The van der Waals surface area contributed by atoms with Crippen molar-refractivity contribution in [3.63, 3.8) is 0 Å². The van der Waals surface area contributed by atoms with Crippen LogP contribution >= 0.6 is 24.0 Å². The zero-order valence-electron chi connectivity index (χ0n) is 14.4. The SMILES string of the molecule is CCS(=O)(=O)NCCCNC(=NC)NCCCc1ccccc1.I. The van der Waals surface area contributed by atoms with E-state index in [1.807, 2.05) is 6.07 Å². The van der Waals surface area contributed by atoms with Gasteiger partial charge in [-0.1, -0.05) is 30.3 Å². The second-order valence-electron chi connectivity index (χ2n) is 5.17. The molecule has 1 aromatic rings. The van der Waals surface area contributed by atoms with Gasteiger partial charge in [-0.15, -0.1) is 24.0 Å². The van der Waals surface area contributed by atoms with Gasteiger partial charge in [-0.25, -0.2) is 13.1 Å². The first-order chi connectivity index (χ1) is 11.1. The van der Waals surface area contributed by atoms with E-state index in [9.17, 15) is 8.42 Å². The number of hydrogen-bond donors (Lipinski definition) is 3. The summed E-state index contributed by atoms with van der Waals surface area (Å²) in [5.41, 5.74) is 1.33. The van der Waals surface area contributed by atoms with E-state index in [0.29, 0.717) is 19.5 Å². The number of aliphatic imine (C=N–C) groups is 1. The van der Waals surface area contributed by atoms with Crippen molar-refractivity contribution >= 4 is 40.0 Å². The first kappa shape index (κ1) is 23.1. The maximum absolute atomic E-state index is 11.3. The van der Waals surface area contributed by atoms with E-state index in [-0.39, 0.29) is 29.7 Å². The lowest BCUT2D eigenvalue weighted by Gasteiger charge is -2.12. The van der Waals surface area contributed by atoms with Crippen LogP contribution in [0.15, 0.2) is 35.3 Å². The summed E-state index contributed by atoms with van der Waals surface area (Å²) < 4.78 is 25.1. The van der Waals surface area contributed by atoms with Crippen LogP contribution in [0, 0.1) is 0 Å². The van der Waals surface area contributed by atoms with Gasteiger partial charge in [0.25, 0.3) is 0 Å². The fourth-order valence-corrected chi connectivity index (χ4v) is 2.65. The molecule has 0 aliphatic carbocycles. The number of aryl methyl sites for hydroxylation is 1. The number of sulfonamides is 1. The molecule has 0 spiro atoms. The normalized spacial score (nSPS) is 11.7. The Hall–Kier alpha value is -0.870. The van der Waals surface area contributed by atoms with E-state index in [4.69, 9.17) is 0 Å². The Morgan fingerprint density at radius 1 is 1.04 bits per heavy atom. The van der Waals surface area contributed by atoms with Crippen molar-refractivity contribution in [2.75, 3.05) is 32.4 Å². The number of halogens is 1. The highest BCUT2D eigenvalue weighted by Gasteiger charge is 2.04. The Bertz CT molecular complexity index is 565. The monoisotopic (exact) mass is 468 g/mol. The number of nitrogens with one attached hydrogen (secondary N) is 3. The van der Waals surface area contributed by atoms with Gasteiger partial charge in [-0.05, 0) is 31.7 Å². The summed E-state index contributed by atoms with van der Waals surface area (Å²) in [5, 5.41) is 6.43. The Morgan fingerprint density at radius 2 is 1.67 bits per heavy atom. The Labute approximate surface area is 163 Å². The Morgan fingerprint density at radius 3 is 2.25 bits per heavy atom. The van der Waals surface area contributed by atoms with Crippen molar-refractivity contribution in [2.45, 2.75) is 26.2 Å². The van der Waals surface area contributed by atoms with Gasteiger partial charge < -0.3 is 10.6 Å². The van der Waals surface area contributed by atoms with Gasteiger partial charge in [0, 0.05) is 26.7 Å². The number of hydrogen-bond acceptors (Lipinski definition) is 3. The number of guanidine groups is 1. The van der Waals surface area contributed by atoms with Crippen molar-refractivity contribution in [1.82, 2.24) is 15.4 Å². The van der Waals surface area contributed by atoms with E-state index in [1.54, 1.807) is 14.0 Å². The lowest BCUT2D eigenvalue weighted by atomic mass is 10.1. The standard InChI is InChI=1S/C16H28N4O2S.HI/c1-3-23(21,22)20-14-8-13-19-16(17-2)18-12-7-11-15-9-5-4-6-10-15;/h4-6,9-10,20H,3,7-8,11-14H2,1-2H3,(H2,17,18,19);1H. The fourth-order valence-electron chi connectivity index (χ4n) is 1.99. The molecule has 0 aromatic heterocycles. The fraction of sp³-hybridized carbons (Fsp3) is 0.562. The predicted octanol–water partition coefficient (Wildman–Crippen LogP) is 1.73. The van der Waals surface area contributed by atoms with Gasteiger partial charge in [-0.3, -0.25) is 4.99 Å². The molecular formula is C16H29IN4O2S. The van der Waals surface area contributed by atoms with Crippen molar-refractivity contribution < 1.29 is 8.42 Å². The first-order valence-corrected chi connectivity index (χ1v) is 9.68. The zero-order valence-corrected chi connectivity index (χ0v) is 17.6. The van der Waals surface area contributed by atoms with Gasteiger partial charge in [0.1, 0.15) is 0 Å². The molecule has 0 radical (unpaired) electrons. The molecular weight excluding hydrogens is 439 g/mol. The summed E-state index contributed by atoms with van der Waals surface area (Å²) in [6.45, 7) is 3.58. The van der Waals surface area contributed by atoms with E-state index in [1.165, 1.54) is 5.56 Å². The third kappa shape index (κ3) is 10.8.